The molecule has 0 aromatic heterocycles. The summed E-state index contributed by atoms with van der Waals surface area (Å²) < 4.78 is 45.5. The first kappa shape index (κ1) is 44.8. The van der Waals surface area contributed by atoms with Gasteiger partial charge >= 0.3 is 6.18 Å². The van der Waals surface area contributed by atoms with Gasteiger partial charge in [0.2, 0.25) is 0 Å². The summed E-state index contributed by atoms with van der Waals surface area (Å²) in [6.07, 6.45) is 4.22. The van der Waals surface area contributed by atoms with Crippen molar-refractivity contribution < 1.29 is 43.2 Å². The van der Waals surface area contributed by atoms with Gasteiger partial charge in [-0.2, -0.15) is 13.2 Å². The average molecular weight is 965 g/mol. The number of aryl methyl sites for hydroxylation is 4. The minimum absolute atomic E-state index is 0. The fraction of sp³-hybridized carbons (Fsp3) is 0.400. The van der Waals surface area contributed by atoms with Gasteiger partial charge in [-0.15, -0.1) is 52.5 Å². The summed E-state index contributed by atoms with van der Waals surface area (Å²) in [5, 5.41) is 17.4. The molecule has 5 aliphatic rings. The first-order chi connectivity index (χ1) is 27.2. The molecular weight excluding hydrogens is 910 g/mol. The number of aliphatic hydroxyl groups is 1. The third-order valence-corrected chi connectivity index (χ3v) is 11.8. The van der Waals surface area contributed by atoms with Crippen LogP contribution in [0.15, 0.2) is 89.6 Å². The van der Waals surface area contributed by atoms with Crippen LogP contribution in [0.3, 0.4) is 0 Å². The van der Waals surface area contributed by atoms with Crippen molar-refractivity contribution in [1.82, 2.24) is 0 Å². The van der Waals surface area contributed by atoms with E-state index in [1.165, 1.54) is 18.0 Å². The molecule has 1 heterocycles. The van der Waals surface area contributed by atoms with E-state index in [0.717, 1.165) is 65.1 Å². The van der Waals surface area contributed by atoms with Crippen molar-refractivity contribution in [2.75, 3.05) is 0 Å². The predicted octanol–water partition coefficient (Wildman–Crippen LogP) is 14.0. The number of carbonyl (C=O) groups is 1. The Morgan fingerprint density at radius 2 is 1.41 bits per heavy atom. The van der Waals surface area contributed by atoms with E-state index in [0.29, 0.717) is 35.8 Å². The van der Waals surface area contributed by atoms with E-state index >= 15 is 13.2 Å². The van der Waals surface area contributed by atoms with Crippen molar-refractivity contribution in [3.05, 3.63) is 141 Å². The molecule has 0 spiro atoms. The van der Waals surface area contributed by atoms with Crippen molar-refractivity contribution in [1.29, 1.82) is 0 Å². The van der Waals surface area contributed by atoms with Gasteiger partial charge in [0.1, 0.15) is 0 Å². The van der Waals surface area contributed by atoms with E-state index < -0.39 is 17.8 Å². The molecular formula is C50H55F3IrN2O2-2. The number of ketones is 1. The van der Waals surface area contributed by atoms with E-state index in [1.807, 2.05) is 64.1 Å². The molecule has 4 nitrogen and oxygen atoms in total. The van der Waals surface area contributed by atoms with Crippen LogP contribution in [-0.4, -0.2) is 17.2 Å². The fourth-order valence-electron chi connectivity index (χ4n) is 8.42. The Balaban J connectivity index is 0.000000344. The maximum absolute atomic E-state index is 15.2. The normalized spacial score (nSPS) is 15.4. The summed E-state index contributed by atoms with van der Waals surface area (Å²) in [5.41, 5.74) is 5.43. The van der Waals surface area contributed by atoms with Crippen LogP contribution in [-0.2, 0) is 62.2 Å². The van der Waals surface area contributed by atoms with E-state index in [2.05, 4.69) is 73.5 Å². The summed E-state index contributed by atoms with van der Waals surface area (Å²) in [6, 6.07) is 27.3. The fourth-order valence-corrected chi connectivity index (χ4v) is 8.42. The molecule has 1 N–H and O–H groups in total. The molecule has 0 fully saturated rings. The summed E-state index contributed by atoms with van der Waals surface area (Å²) in [6.45, 7) is 14.5. The maximum atomic E-state index is 15.2. The number of halogens is 3. The molecule has 0 saturated carbocycles. The van der Waals surface area contributed by atoms with Gasteiger partial charge in [-0.1, -0.05) is 103 Å². The van der Waals surface area contributed by atoms with Crippen LogP contribution in [0.1, 0.15) is 125 Å². The molecule has 5 aromatic rings. The van der Waals surface area contributed by atoms with Crippen LogP contribution in [0.5, 0.6) is 0 Å². The molecule has 1 atom stereocenters. The number of aliphatic hydroxyl groups excluding tert-OH is 1. The molecule has 1 aliphatic heterocycles. The minimum Gasteiger partial charge on any atom is -0.512 e. The number of fused-ring (bicyclic) bond motifs is 2. The van der Waals surface area contributed by atoms with Crippen LogP contribution in [0, 0.1) is 17.9 Å². The van der Waals surface area contributed by atoms with Gasteiger partial charge in [-0.25, -0.2) is 0 Å². The van der Waals surface area contributed by atoms with Crippen LogP contribution in [0.4, 0.5) is 18.9 Å². The number of allylic oxidation sites excluding steroid dienone is 2. The monoisotopic (exact) mass is 965 g/mol. The van der Waals surface area contributed by atoms with E-state index in [-0.39, 0.29) is 60.0 Å². The SMILES string of the molecule is CC(C)(C)c1cc(C2[N-]C=Nc3c2cc2c4ccc(c2c3C(F)(F)F)CCc2ccc(cc2)CC4)[c-]c2ccccc12.CCC(CC)C(=O)/C=C(\O)C(CC)CC.[Ir]. The topological polar surface area (TPSA) is 63.8 Å². The maximum Gasteiger partial charge on any atom is 0.417 e. The number of carbonyl (C=O) groups excluding carboxylic acids is 1. The number of benzene rings is 5. The Morgan fingerprint density at radius 1 is 0.828 bits per heavy atom. The van der Waals surface area contributed by atoms with Gasteiger partial charge in [0, 0.05) is 38.0 Å². The zero-order valence-electron chi connectivity index (χ0n) is 34.7. The first-order valence-electron chi connectivity index (χ1n) is 20.6. The third-order valence-electron chi connectivity index (χ3n) is 11.8. The van der Waals surface area contributed by atoms with Crippen molar-refractivity contribution in [2.45, 2.75) is 117 Å². The Labute approximate surface area is 355 Å². The van der Waals surface area contributed by atoms with Crippen LogP contribution in [0.25, 0.3) is 26.9 Å². The molecule has 10 rings (SSSR count). The molecule has 58 heavy (non-hydrogen) atoms. The average Bonchev–Trinajstić information content (AvgIpc) is 3.17. The minimum atomic E-state index is -4.59. The number of rotatable bonds is 8. The molecule has 309 valence electrons. The zero-order valence-corrected chi connectivity index (χ0v) is 37.1. The number of hydrogen-bond acceptors (Lipinski definition) is 3. The quantitative estimate of drug-likeness (QED) is 0.0957. The third kappa shape index (κ3) is 9.61. The first-order valence-corrected chi connectivity index (χ1v) is 20.6. The van der Waals surface area contributed by atoms with E-state index in [1.54, 1.807) is 0 Å². The predicted molar refractivity (Wildman–Crippen MR) is 229 cm³/mol. The Kier molecular flexibility index (Phi) is 14.5. The molecule has 4 aliphatic carbocycles. The van der Waals surface area contributed by atoms with E-state index in [4.69, 9.17) is 0 Å². The number of alkyl halides is 3. The van der Waals surface area contributed by atoms with Gasteiger partial charge in [-0.3, -0.25) is 4.79 Å². The summed E-state index contributed by atoms with van der Waals surface area (Å²) >= 11 is 0. The van der Waals surface area contributed by atoms with Crippen molar-refractivity contribution >= 4 is 39.4 Å². The number of nitrogens with zero attached hydrogens (tertiary/aromatic N) is 2. The van der Waals surface area contributed by atoms with Gasteiger partial charge in [0.25, 0.3) is 0 Å². The zero-order chi connectivity index (χ0) is 41.1. The largest absolute Gasteiger partial charge is 0.512 e. The molecule has 0 saturated heterocycles. The second-order valence-corrected chi connectivity index (χ2v) is 16.5. The Hall–Kier alpha value is -4.26. The summed E-state index contributed by atoms with van der Waals surface area (Å²) in [7, 11) is 0. The summed E-state index contributed by atoms with van der Waals surface area (Å²) in [5.74, 6) is 0.547. The molecule has 0 amide bonds. The molecule has 1 unspecified atom stereocenters. The van der Waals surface area contributed by atoms with Crippen LogP contribution >= 0.6 is 0 Å². The van der Waals surface area contributed by atoms with Crippen LogP contribution in [0.2, 0.25) is 0 Å². The Bertz CT molecular complexity index is 2300. The van der Waals surface area contributed by atoms with Gasteiger partial charge in [0.05, 0.1) is 11.3 Å². The molecule has 1 radical (unpaired) electrons. The molecule has 8 heteroatoms. The van der Waals surface area contributed by atoms with Crippen molar-refractivity contribution in [3.8, 4) is 0 Å². The van der Waals surface area contributed by atoms with Crippen molar-refractivity contribution in [3.63, 3.8) is 0 Å². The number of hydrogen-bond donors (Lipinski definition) is 1. The Morgan fingerprint density at radius 3 is 2.00 bits per heavy atom. The number of aliphatic imine (C=N–C) groups is 1. The van der Waals surface area contributed by atoms with Gasteiger partial charge in [0.15, 0.2) is 5.78 Å². The summed E-state index contributed by atoms with van der Waals surface area (Å²) in [4.78, 5) is 16.0. The van der Waals surface area contributed by atoms with Crippen LogP contribution < -0.4 is 0 Å². The van der Waals surface area contributed by atoms with Crippen molar-refractivity contribution in [2.24, 2.45) is 16.8 Å². The van der Waals surface area contributed by atoms with Gasteiger partial charge in [-0.05, 0) is 107 Å². The van der Waals surface area contributed by atoms with Gasteiger partial charge < -0.3 is 15.4 Å². The second kappa shape index (κ2) is 18.8. The molecule has 5 aromatic carbocycles. The van der Waals surface area contributed by atoms with E-state index in [9.17, 15) is 9.90 Å². The molecule has 4 bridgehead atoms. The standard InChI is InChI=1S/C37H31F3N2.C13H24O2.Ir/c1-36(2,3)31-19-27(18-26-6-4-5-7-28(26)31)34-30-20-29-24-14-12-22-8-10-23(11-9-22)13-15-25(17-16-24)32(29)33(37(38,39)40)35(30)42-21-41-34;1-5-10(6-2)12(14)9-13(15)11(7-3)8-4;/h4-11,16-17,19-21,34H,12-15H2,1-3H3;9-11,14H,5-8H2,1-4H3;/q-2;;/b;12-9-;. The second-order valence-electron chi connectivity index (χ2n) is 16.5. The smallest absolute Gasteiger partial charge is 0.417 e.